The summed E-state index contributed by atoms with van der Waals surface area (Å²) in [5.41, 5.74) is -0.196. The molecule has 0 unspecified atom stereocenters. The van der Waals surface area contributed by atoms with E-state index in [4.69, 9.17) is 0 Å². The Morgan fingerprint density at radius 3 is 3.00 bits per heavy atom. The average molecular weight is 324 g/mol. The molecule has 0 aliphatic rings. The lowest BCUT2D eigenvalue weighted by Crippen LogP contribution is -2.37. The Labute approximate surface area is 130 Å². The predicted molar refractivity (Wildman–Crippen MR) is 79.2 cm³/mol. The summed E-state index contributed by atoms with van der Waals surface area (Å²) in [5, 5.41) is 23.9. The fourth-order valence-electron chi connectivity index (χ4n) is 1.66. The first kappa shape index (κ1) is 16.2. The number of amides is 1. The van der Waals surface area contributed by atoms with Crippen LogP contribution in [-0.4, -0.2) is 54.2 Å². The van der Waals surface area contributed by atoms with Crippen molar-refractivity contribution >= 4 is 17.7 Å². The van der Waals surface area contributed by atoms with Crippen molar-refractivity contribution in [3.8, 4) is 0 Å². The Morgan fingerprint density at radius 1 is 1.50 bits per heavy atom. The molecule has 0 bridgehead atoms. The van der Waals surface area contributed by atoms with Gasteiger partial charge < -0.3 is 15.0 Å². The summed E-state index contributed by atoms with van der Waals surface area (Å²) in [6.07, 6.45) is 0.746. The van der Waals surface area contributed by atoms with Crippen molar-refractivity contribution < 1.29 is 9.90 Å². The van der Waals surface area contributed by atoms with Gasteiger partial charge in [0.1, 0.15) is 0 Å². The van der Waals surface area contributed by atoms with Gasteiger partial charge in [0.2, 0.25) is 11.1 Å². The first-order valence-corrected chi connectivity index (χ1v) is 7.50. The highest BCUT2D eigenvalue weighted by molar-refractivity contribution is 7.99. The molecule has 0 radical (unpaired) electrons. The summed E-state index contributed by atoms with van der Waals surface area (Å²) in [6, 6.07) is 4.75. The molecule has 0 aliphatic carbocycles. The van der Waals surface area contributed by atoms with Crippen LogP contribution < -0.4 is 10.9 Å². The maximum atomic E-state index is 11.7. The van der Waals surface area contributed by atoms with Gasteiger partial charge in [0.05, 0.1) is 18.4 Å². The van der Waals surface area contributed by atoms with E-state index >= 15 is 0 Å². The third kappa shape index (κ3) is 4.67. The van der Waals surface area contributed by atoms with Crippen LogP contribution in [0.3, 0.4) is 0 Å². The van der Waals surface area contributed by atoms with Gasteiger partial charge >= 0.3 is 0 Å². The maximum Gasteiger partial charge on any atom is 0.250 e. The van der Waals surface area contributed by atoms with Crippen LogP contribution in [-0.2, 0) is 18.4 Å². The Morgan fingerprint density at radius 2 is 2.32 bits per heavy atom. The molecular formula is C12H16N6O3S. The number of hydrogen-bond acceptors (Lipinski definition) is 7. The molecule has 1 amide bonds. The van der Waals surface area contributed by atoms with E-state index in [1.165, 1.54) is 27.1 Å². The van der Waals surface area contributed by atoms with E-state index in [0.29, 0.717) is 5.16 Å². The third-order valence-electron chi connectivity index (χ3n) is 2.75. The van der Waals surface area contributed by atoms with Gasteiger partial charge in [-0.15, -0.1) is 5.10 Å². The lowest BCUT2D eigenvalue weighted by molar-refractivity contribution is -0.119. The Kier molecular flexibility index (Phi) is 5.67. The second-order valence-corrected chi connectivity index (χ2v) is 5.47. The lowest BCUT2D eigenvalue weighted by atomic mass is 10.3. The summed E-state index contributed by atoms with van der Waals surface area (Å²) in [7, 11) is 1.68. The normalized spacial score (nSPS) is 12.1. The number of aryl methyl sites for hydroxylation is 1. The van der Waals surface area contributed by atoms with E-state index in [2.05, 4.69) is 20.8 Å². The molecule has 0 aliphatic heterocycles. The van der Waals surface area contributed by atoms with Gasteiger partial charge in [-0.3, -0.25) is 9.59 Å². The second kappa shape index (κ2) is 7.71. The smallest absolute Gasteiger partial charge is 0.250 e. The molecule has 118 valence electrons. The highest BCUT2D eigenvalue weighted by Gasteiger charge is 2.10. The summed E-state index contributed by atoms with van der Waals surface area (Å²) >= 11 is 1.20. The third-order valence-corrected chi connectivity index (χ3v) is 3.77. The van der Waals surface area contributed by atoms with Crippen LogP contribution in [0, 0.1) is 0 Å². The van der Waals surface area contributed by atoms with Crippen molar-refractivity contribution in [3.05, 3.63) is 34.7 Å². The van der Waals surface area contributed by atoms with Gasteiger partial charge in [-0.2, -0.15) is 0 Å². The van der Waals surface area contributed by atoms with Crippen LogP contribution >= 0.6 is 11.8 Å². The highest BCUT2D eigenvalue weighted by Crippen LogP contribution is 2.11. The fraction of sp³-hybridized carbons (Fsp3) is 0.417. The summed E-state index contributed by atoms with van der Waals surface area (Å²) < 4.78 is 2.85. The number of aromatic nitrogens is 5. The maximum absolute atomic E-state index is 11.7. The monoisotopic (exact) mass is 324 g/mol. The molecule has 0 saturated carbocycles. The zero-order valence-electron chi connectivity index (χ0n) is 11.9. The van der Waals surface area contributed by atoms with Crippen molar-refractivity contribution in [1.29, 1.82) is 0 Å². The first-order valence-electron chi connectivity index (χ1n) is 6.51. The highest BCUT2D eigenvalue weighted by atomic mass is 32.2. The fourth-order valence-corrected chi connectivity index (χ4v) is 2.34. The van der Waals surface area contributed by atoms with Gasteiger partial charge in [0.15, 0.2) is 0 Å². The van der Waals surface area contributed by atoms with Crippen molar-refractivity contribution in [1.82, 2.24) is 30.1 Å². The van der Waals surface area contributed by atoms with Gasteiger partial charge in [-0.25, -0.2) is 4.68 Å². The zero-order chi connectivity index (χ0) is 15.9. The summed E-state index contributed by atoms with van der Waals surface area (Å²) in [4.78, 5) is 23.2. The number of pyridine rings is 1. The SMILES string of the molecule is Cn1nnnc1SCC(=O)NC[C@@H](O)Cn1ccccc1=O. The topological polar surface area (TPSA) is 115 Å². The van der Waals surface area contributed by atoms with E-state index in [9.17, 15) is 14.7 Å². The van der Waals surface area contributed by atoms with E-state index in [-0.39, 0.29) is 30.3 Å². The molecule has 2 heterocycles. The van der Waals surface area contributed by atoms with Crippen LogP contribution in [0.25, 0.3) is 0 Å². The Balaban J connectivity index is 1.73. The minimum absolute atomic E-state index is 0.0673. The van der Waals surface area contributed by atoms with E-state index in [1.54, 1.807) is 25.4 Å². The van der Waals surface area contributed by atoms with Crippen LogP contribution in [0.1, 0.15) is 0 Å². The predicted octanol–water partition coefficient (Wildman–Crippen LogP) is -1.36. The van der Waals surface area contributed by atoms with Crippen molar-refractivity contribution in [2.45, 2.75) is 17.8 Å². The number of aliphatic hydroxyl groups excluding tert-OH is 1. The van der Waals surface area contributed by atoms with Crippen LogP contribution in [0.5, 0.6) is 0 Å². The summed E-state index contributed by atoms with van der Waals surface area (Å²) in [6.45, 7) is 0.193. The van der Waals surface area contributed by atoms with Crippen LogP contribution in [0.4, 0.5) is 0 Å². The quantitative estimate of drug-likeness (QED) is 0.605. The molecular weight excluding hydrogens is 308 g/mol. The number of thioether (sulfide) groups is 1. The van der Waals surface area contributed by atoms with E-state index in [1.807, 2.05) is 0 Å². The number of carbonyl (C=O) groups is 1. The van der Waals surface area contributed by atoms with Crippen molar-refractivity contribution in [2.24, 2.45) is 7.05 Å². The Bertz CT molecular complexity index is 685. The van der Waals surface area contributed by atoms with Gasteiger partial charge in [-0.1, -0.05) is 17.8 Å². The Hall–Kier alpha value is -2.20. The molecule has 0 fully saturated rings. The molecule has 0 saturated heterocycles. The zero-order valence-corrected chi connectivity index (χ0v) is 12.7. The molecule has 2 aromatic heterocycles. The minimum Gasteiger partial charge on any atom is -0.389 e. The van der Waals surface area contributed by atoms with Gasteiger partial charge in [0.25, 0.3) is 5.56 Å². The lowest BCUT2D eigenvalue weighted by Gasteiger charge is -2.13. The van der Waals surface area contributed by atoms with Gasteiger partial charge in [0, 0.05) is 25.9 Å². The number of tetrazole rings is 1. The van der Waals surface area contributed by atoms with E-state index < -0.39 is 6.10 Å². The molecule has 2 N–H and O–H groups in total. The molecule has 22 heavy (non-hydrogen) atoms. The standard InChI is InChI=1S/C12H16N6O3S/c1-17-12(14-15-16-17)22-8-10(20)13-6-9(19)7-18-5-3-2-4-11(18)21/h2-5,9,19H,6-8H2,1H3,(H,13,20)/t9-/m1/s1. The van der Waals surface area contributed by atoms with E-state index in [0.717, 1.165) is 0 Å². The number of aliphatic hydroxyl groups is 1. The first-order chi connectivity index (χ1) is 10.6. The second-order valence-electron chi connectivity index (χ2n) is 4.52. The molecule has 10 heteroatoms. The number of nitrogens with one attached hydrogen (secondary N) is 1. The molecule has 2 rings (SSSR count). The largest absolute Gasteiger partial charge is 0.389 e. The molecule has 0 aromatic carbocycles. The average Bonchev–Trinajstić information content (AvgIpc) is 2.91. The molecule has 2 aromatic rings. The number of hydrogen-bond donors (Lipinski definition) is 2. The summed E-state index contributed by atoms with van der Waals surface area (Å²) in [5.74, 6) is -0.0980. The van der Waals surface area contributed by atoms with Crippen LogP contribution in [0.15, 0.2) is 34.3 Å². The number of rotatable bonds is 7. The van der Waals surface area contributed by atoms with Crippen molar-refractivity contribution in [3.63, 3.8) is 0 Å². The minimum atomic E-state index is -0.842. The molecule has 1 atom stereocenters. The number of nitrogens with zero attached hydrogens (tertiary/aromatic N) is 5. The molecule has 0 spiro atoms. The number of carbonyl (C=O) groups excluding carboxylic acids is 1. The molecule has 9 nitrogen and oxygen atoms in total. The van der Waals surface area contributed by atoms with Crippen molar-refractivity contribution in [2.75, 3.05) is 12.3 Å². The van der Waals surface area contributed by atoms with Crippen LogP contribution in [0.2, 0.25) is 0 Å². The van der Waals surface area contributed by atoms with Gasteiger partial charge in [-0.05, 0) is 16.5 Å².